The molecular formula is C26H22FN3O4S. The number of thiophene rings is 1. The number of carbonyl (C=O) groups excluding carboxylic acids is 2. The van der Waals surface area contributed by atoms with E-state index in [9.17, 15) is 14.0 Å². The lowest BCUT2D eigenvalue weighted by Crippen LogP contribution is -2.64. The lowest BCUT2D eigenvalue weighted by atomic mass is 9.93. The third kappa shape index (κ3) is 3.54. The van der Waals surface area contributed by atoms with E-state index in [1.54, 1.807) is 42.2 Å². The molecule has 2 aromatic heterocycles. The molecule has 0 fully saturated rings. The Bertz CT molecular complexity index is 1460. The van der Waals surface area contributed by atoms with E-state index in [4.69, 9.17) is 9.47 Å². The zero-order valence-electron chi connectivity index (χ0n) is 18.9. The van der Waals surface area contributed by atoms with Crippen LogP contribution in [0, 0.1) is 5.82 Å². The highest BCUT2D eigenvalue weighted by molar-refractivity contribution is 7.16. The van der Waals surface area contributed by atoms with Crippen LogP contribution in [0.4, 0.5) is 10.1 Å². The van der Waals surface area contributed by atoms with Crippen LogP contribution in [-0.2, 0) is 17.9 Å². The van der Waals surface area contributed by atoms with Gasteiger partial charge in [-0.3, -0.25) is 14.5 Å². The van der Waals surface area contributed by atoms with Crippen LogP contribution in [0.2, 0.25) is 0 Å². The number of benzene rings is 2. The van der Waals surface area contributed by atoms with E-state index in [1.165, 1.54) is 23.5 Å². The van der Waals surface area contributed by atoms with Gasteiger partial charge in [0.2, 0.25) is 5.91 Å². The Labute approximate surface area is 204 Å². The SMILES string of the molecule is C[C@]1(C(=O)NCc2ccc(F)cc2)Cn2c(cc3ccsc32)C(=O)N1c1ccc2c(c1)OCCO2. The summed E-state index contributed by atoms with van der Waals surface area (Å²) in [5, 5.41) is 5.90. The maximum Gasteiger partial charge on any atom is 0.275 e. The van der Waals surface area contributed by atoms with E-state index in [-0.39, 0.29) is 30.7 Å². The molecule has 35 heavy (non-hydrogen) atoms. The Morgan fingerprint density at radius 1 is 1.09 bits per heavy atom. The number of nitrogens with one attached hydrogen (secondary N) is 1. The minimum atomic E-state index is -1.23. The van der Waals surface area contributed by atoms with Crippen molar-refractivity contribution in [2.75, 3.05) is 18.1 Å². The maximum atomic E-state index is 13.9. The molecule has 4 aromatic rings. The molecule has 0 bridgehead atoms. The van der Waals surface area contributed by atoms with Crippen LogP contribution >= 0.6 is 11.3 Å². The summed E-state index contributed by atoms with van der Waals surface area (Å²) in [6, 6.07) is 15.1. The largest absolute Gasteiger partial charge is 0.486 e. The molecule has 2 amide bonds. The van der Waals surface area contributed by atoms with Crippen LogP contribution in [0.15, 0.2) is 60.0 Å². The maximum absolute atomic E-state index is 13.9. The van der Waals surface area contributed by atoms with Gasteiger partial charge in [0.05, 0.1) is 6.54 Å². The van der Waals surface area contributed by atoms with Crippen LogP contribution in [0.25, 0.3) is 10.2 Å². The highest BCUT2D eigenvalue weighted by Crippen LogP contribution is 2.41. The molecule has 0 radical (unpaired) electrons. The topological polar surface area (TPSA) is 72.8 Å². The number of hydrogen-bond donors (Lipinski definition) is 1. The summed E-state index contributed by atoms with van der Waals surface area (Å²) in [7, 11) is 0. The van der Waals surface area contributed by atoms with Gasteiger partial charge in [-0.15, -0.1) is 11.3 Å². The first kappa shape index (κ1) is 21.7. The second-order valence-electron chi connectivity index (χ2n) is 8.85. The first-order valence-corrected chi connectivity index (χ1v) is 12.2. The second kappa shape index (κ2) is 8.13. The van der Waals surface area contributed by atoms with Gasteiger partial charge in [0.15, 0.2) is 11.5 Å². The quantitative estimate of drug-likeness (QED) is 0.461. The Kier molecular flexibility index (Phi) is 5.03. The van der Waals surface area contributed by atoms with Crippen molar-refractivity contribution in [3.05, 3.63) is 77.1 Å². The molecule has 0 aliphatic carbocycles. The minimum absolute atomic E-state index is 0.213. The molecule has 0 spiro atoms. The van der Waals surface area contributed by atoms with Crippen molar-refractivity contribution in [3.8, 4) is 11.5 Å². The van der Waals surface area contributed by atoms with Crippen LogP contribution in [0.1, 0.15) is 23.0 Å². The number of halogens is 1. The Balaban J connectivity index is 1.41. The first-order chi connectivity index (χ1) is 16.9. The van der Waals surface area contributed by atoms with Gasteiger partial charge in [-0.05, 0) is 54.3 Å². The lowest BCUT2D eigenvalue weighted by Gasteiger charge is -2.44. The highest BCUT2D eigenvalue weighted by Gasteiger charge is 2.49. The van der Waals surface area contributed by atoms with E-state index < -0.39 is 5.54 Å². The molecule has 4 heterocycles. The number of fused-ring (bicyclic) bond motifs is 4. The molecule has 178 valence electrons. The van der Waals surface area contributed by atoms with Gasteiger partial charge in [-0.2, -0.15) is 0 Å². The van der Waals surface area contributed by atoms with Crippen molar-refractivity contribution in [1.29, 1.82) is 0 Å². The Morgan fingerprint density at radius 2 is 1.86 bits per heavy atom. The lowest BCUT2D eigenvalue weighted by molar-refractivity contribution is -0.126. The summed E-state index contributed by atoms with van der Waals surface area (Å²) < 4.78 is 26.6. The molecule has 1 N–H and O–H groups in total. The molecule has 2 aliphatic rings. The van der Waals surface area contributed by atoms with Crippen molar-refractivity contribution >= 4 is 39.1 Å². The predicted molar refractivity (Wildman–Crippen MR) is 131 cm³/mol. The average molecular weight is 492 g/mol. The number of aromatic nitrogens is 1. The minimum Gasteiger partial charge on any atom is -0.486 e. The number of anilines is 1. The Hall–Kier alpha value is -3.85. The van der Waals surface area contributed by atoms with E-state index in [1.807, 2.05) is 22.1 Å². The molecule has 9 heteroatoms. The van der Waals surface area contributed by atoms with Crippen molar-refractivity contribution in [2.24, 2.45) is 0 Å². The smallest absolute Gasteiger partial charge is 0.275 e. The summed E-state index contributed by atoms with van der Waals surface area (Å²) in [5.74, 6) is 0.230. The van der Waals surface area contributed by atoms with Crippen LogP contribution in [-0.4, -0.2) is 35.1 Å². The van der Waals surface area contributed by atoms with Gasteiger partial charge < -0.3 is 19.4 Å². The Morgan fingerprint density at radius 3 is 2.66 bits per heavy atom. The number of carbonyl (C=O) groups is 2. The highest BCUT2D eigenvalue weighted by atomic mass is 32.1. The summed E-state index contributed by atoms with van der Waals surface area (Å²) in [6.45, 7) is 3.14. The monoisotopic (exact) mass is 491 g/mol. The third-order valence-electron chi connectivity index (χ3n) is 6.52. The molecule has 6 rings (SSSR count). The molecule has 0 unspecified atom stereocenters. The van der Waals surface area contributed by atoms with Gasteiger partial charge >= 0.3 is 0 Å². The summed E-state index contributed by atoms with van der Waals surface area (Å²) >= 11 is 1.54. The second-order valence-corrected chi connectivity index (χ2v) is 9.74. The molecule has 0 saturated heterocycles. The summed E-state index contributed by atoms with van der Waals surface area (Å²) in [4.78, 5) is 30.1. The fourth-order valence-electron chi connectivity index (χ4n) is 4.75. The number of amides is 2. The number of rotatable bonds is 4. The van der Waals surface area contributed by atoms with Crippen molar-refractivity contribution < 1.29 is 23.5 Å². The summed E-state index contributed by atoms with van der Waals surface area (Å²) in [6.07, 6.45) is 0. The predicted octanol–water partition coefficient (Wildman–Crippen LogP) is 4.35. The van der Waals surface area contributed by atoms with Gasteiger partial charge in [0.1, 0.15) is 35.1 Å². The van der Waals surface area contributed by atoms with E-state index in [0.29, 0.717) is 36.1 Å². The normalized spacial score (nSPS) is 19.0. The van der Waals surface area contributed by atoms with Crippen molar-refractivity contribution in [1.82, 2.24) is 9.88 Å². The zero-order chi connectivity index (χ0) is 24.2. The van der Waals surface area contributed by atoms with Crippen molar-refractivity contribution in [2.45, 2.75) is 25.6 Å². The first-order valence-electron chi connectivity index (χ1n) is 11.3. The molecule has 7 nitrogen and oxygen atoms in total. The van der Waals surface area contributed by atoms with Crippen LogP contribution < -0.4 is 19.7 Å². The van der Waals surface area contributed by atoms with Gasteiger partial charge in [-0.1, -0.05) is 12.1 Å². The number of hydrogen-bond acceptors (Lipinski definition) is 5. The molecule has 0 saturated carbocycles. The fraction of sp³-hybridized carbons (Fsp3) is 0.231. The van der Waals surface area contributed by atoms with Gasteiger partial charge in [0, 0.05) is 23.7 Å². The van der Waals surface area contributed by atoms with E-state index in [0.717, 1.165) is 15.8 Å². The third-order valence-corrected chi connectivity index (χ3v) is 7.48. The standard InChI is InChI=1S/C26H22FN3O4S/c1-26(25(32)28-14-16-2-4-18(27)5-3-16)15-29-20(12-17-8-11-35-24(17)29)23(31)30(26)19-6-7-21-22(13-19)34-10-9-33-21/h2-8,11-13H,9-10,14-15H2,1H3,(H,28,32)/t26-/m1/s1. The molecule has 2 aliphatic heterocycles. The van der Waals surface area contributed by atoms with Gasteiger partial charge in [-0.25, -0.2) is 4.39 Å². The zero-order valence-corrected chi connectivity index (χ0v) is 19.7. The fourth-order valence-corrected chi connectivity index (χ4v) is 5.64. The molecule has 1 atom stereocenters. The van der Waals surface area contributed by atoms with E-state index >= 15 is 0 Å². The number of ether oxygens (including phenoxy) is 2. The van der Waals surface area contributed by atoms with E-state index in [2.05, 4.69) is 5.32 Å². The molecular weight excluding hydrogens is 469 g/mol. The molecule has 2 aromatic carbocycles. The summed E-state index contributed by atoms with van der Waals surface area (Å²) in [5.41, 5.74) is 0.614. The van der Waals surface area contributed by atoms with Crippen LogP contribution in [0.3, 0.4) is 0 Å². The van der Waals surface area contributed by atoms with Crippen molar-refractivity contribution in [3.63, 3.8) is 0 Å². The van der Waals surface area contributed by atoms with Crippen LogP contribution in [0.5, 0.6) is 11.5 Å². The van der Waals surface area contributed by atoms with Gasteiger partial charge in [0.25, 0.3) is 5.91 Å². The average Bonchev–Trinajstić information content (AvgIpc) is 3.46. The number of nitrogens with zero attached hydrogens (tertiary/aromatic N) is 2.